The molecule has 3 heteroatoms. The van der Waals surface area contributed by atoms with Crippen LogP contribution in [0.3, 0.4) is 0 Å². The number of amides is 1. The number of hydrogen-bond donors (Lipinski definition) is 2. The monoisotopic (exact) mass is 246 g/mol. The molecule has 0 spiro atoms. The van der Waals surface area contributed by atoms with E-state index in [-0.39, 0.29) is 5.91 Å². The minimum atomic E-state index is 0.00576. The van der Waals surface area contributed by atoms with Crippen molar-refractivity contribution in [3.05, 3.63) is 29.3 Å². The average Bonchev–Trinajstić information content (AvgIpc) is 2.77. The van der Waals surface area contributed by atoms with Crippen molar-refractivity contribution < 1.29 is 4.79 Å². The molecular weight excluding hydrogens is 224 g/mol. The largest absolute Gasteiger partial charge is 0.399 e. The van der Waals surface area contributed by atoms with Gasteiger partial charge in [-0.15, -0.1) is 0 Å². The van der Waals surface area contributed by atoms with E-state index >= 15 is 0 Å². The number of nitrogens with one attached hydrogen (secondary N) is 1. The van der Waals surface area contributed by atoms with Gasteiger partial charge in [0.25, 0.3) is 5.91 Å². The lowest BCUT2D eigenvalue weighted by atomic mass is 9.89. The molecule has 98 valence electrons. The molecule has 3 nitrogen and oxygen atoms in total. The normalized spacial score (nSPS) is 17.7. The van der Waals surface area contributed by atoms with E-state index < -0.39 is 0 Å². The van der Waals surface area contributed by atoms with Gasteiger partial charge in [-0.1, -0.05) is 19.8 Å². The third-order valence-electron chi connectivity index (χ3n) is 4.02. The summed E-state index contributed by atoms with van der Waals surface area (Å²) in [5, 5.41) is 3.05. The van der Waals surface area contributed by atoms with Crippen molar-refractivity contribution in [2.45, 2.75) is 39.5 Å². The second-order valence-corrected chi connectivity index (χ2v) is 5.77. The fourth-order valence-corrected chi connectivity index (χ4v) is 2.62. The van der Waals surface area contributed by atoms with Gasteiger partial charge < -0.3 is 11.1 Å². The molecule has 0 radical (unpaired) electrons. The third kappa shape index (κ3) is 2.84. The molecule has 3 N–H and O–H groups in total. The highest BCUT2D eigenvalue weighted by Crippen LogP contribution is 2.36. The minimum Gasteiger partial charge on any atom is -0.399 e. The van der Waals surface area contributed by atoms with Gasteiger partial charge in [0, 0.05) is 17.8 Å². The van der Waals surface area contributed by atoms with Gasteiger partial charge in [-0.2, -0.15) is 0 Å². The predicted octanol–water partition coefficient (Wildman–Crippen LogP) is 2.89. The molecule has 0 aliphatic heterocycles. The average molecular weight is 246 g/mol. The zero-order chi connectivity index (χ0) is 13.2. The van der Waals surface area contributed by atoms with Crippen LogP contribution in [0.2, 0.25) is 0 Å². The van der Waals surface area contributed by atoms with Crippen LogP contribution in [0.1, 0.15) is 48.5 Å². The van der Waals surface area contributed by atoms with E-state index in [9.17, 15) is 4.79 Å². The fraction of sp³-hybridized carbons (Fsp3) is 0.533. The van der Waals surface area contributed by atoms with E-state index in [0.29, 0.717) is 11.0 Å². The summed E-state index contributed by atoms with van der Waals surface area (Å²) in [6.07, 6.45) is 5.00. The molecule has 1 saturated carbocycles. The van der Waals surface area contributed by atoms with E-state index in [4.69, 9.17) is 5.73 Å². The molecule has 18 heavy (non-hydrogen) atoms. The summed E-state index contributed by atoms with van der Waals surface area (Å²) in [5.41, 5.74) is 8.42. The third-order valence-corrected chi connectivity index (χ3v) is 4.02. The fourth-order valence-electron chi connectivity index (χ4n) is 2.62. The van der Waals surface area contributed by atoms with Gasteiger partial charge in [-0.05, 0) is 48.9 Å². The number of nitrogens with two attached hydrogens (primary N) is 1. The first kappa shape index (κ1) is 12.9. The number of carbonyl (C=O) groups is 1. The smallest absolute Gasteiger partial charge is 0.251 e. The zero-order valence-electron chi connectivity index (χ0n) is 11.3. The lowest BCUT2D eigenvalue weighted by Crippen LogP contribution is -2.34. The second kappa shape index (κ2) is 5.01. The second-order valence-electron chi connectivity index (χ2n) is 5.77. The number of aryl methyl sites for hydroxylation is 1. The summed E-state index contributed by atoms with van der Waals surface area (Å²) in [4.78, 5) is 12.1. The maximum atomic E-state index is 12.1. The van der Waals surface area contributed by atoms with Crippen molar-refractivity contribution in [2.24, 2.45) is 5.41 Å². The molecule has 1 aromatic rings. The summed E-state index contributed by atoms with van der Waals surface area (Å²) in [5.74, 6) is 0.00576. The molecular formula is C15H22N2O. The number of hydrogen-bond acceptors (Lipinski definition) is 2. The molecule has 1 aliphatic carbocycles. The predicted molar refractivity (Wildman–Crippen MR) is 74.5 cm³/mol. The zero-order valence-corrected chi connectivity index (χ0v) is 11.3. The van der Waals surface area contributed by atoms with Crippen LogP contribution in [-0.4, -0.2) is 12.5 Å². The lowest BCUT2D eigenvalue weighted by Gasteiger charge is -2.23. The maximum absolute atomic E-state index is 12.1. The molecule has 0 aromatic heterocycles. The van der Waals surface area contributed by atoms with Crippen molar-refractivity contribution >= 4 is 11.6 Å². The van der Waals surface area contributed by atoms with Crippen LogP contribution >= 0.6 is 0 Å². The molecule has 0 heterocycles. The van der Waals surface area contributed by atoms with Crippen LogP contribution in [-0.2, 0) is 0 Å². The highest BCUT2D eigenvalue weighted by Gasteiger charge is 2.28. The van der Waals surface area contributed by atoms with E-state index in [1.165, 1.54) is 25.7 Å². The Morgan fingerprint density at radius 3 is 2.67 bits per heavy atom. The van der Waals surface area contributed by atoms with Crippen LogP contribution in [0.25, 0.3) is 0 Å². The van der Waals surface area contributed by atoms with Gasteiger partial charge in [-0.25, -0.2) is 0 Å². The molecule has 1 aliphatic rings. The molecule has 0 unspecified atom stereocenters. The van der Waals surface area contributed by atoms with E-state index in [1.807, 2.05) is 13.0 Å². The molecule has 0 atom stereocenters. The van der Waals surface area contributed by atoms with Gasteiger partial charge >= 0.3 is 0 Å². The quantitative estimate of drug-likeness (QED) is 0.806. The van der Waals surface area contributed by atoms with Crippen molar-refractivity contribution in [1.82, 2.24) is 5.32 Å². The first-order valence-corrected chi connectivity index (χ1v) is 6.65. The number of carbonyl (C=O) groups excluding carboxylic acids is 1. The van der Waals surface area contributed by atoms with E-state index in [0.717, 1.165) is 17.8 Å². The lowest BCUT2D eigenvalue weighted by molar-refractivity contribution is 0.0934. The molecule has 1 amide bonds. The Morgan fingerprint density at radius 2 is 2.06 bits per heavy atom. The number of nitrogen functional groups attached to an aromatic ring is 1. The first-order valence-electron chi connectivity index (χ1n) is 6.65. The SMILES string of the molecule is Cc1cc(C(=O)NCC2(C)CCCC2)ccc1N. The van der Waals surface area contributed by atoms with Crippen LogP contribution in [0.5, 0.6) is 0 Å². The Labute approximate surface area is 109 Å². The van der Waals surface area contributed by atoms with Gasteiger partial charge in [0.1, 0.15) is 0 Å². The Kier molecular flexibility index (Phi) is 3.60. The number of benzene rings is 1. The maximum Gasteiger partial charge on any atom is 0.251 e. The number of rotatable bonds is 3. The highest BCUT2D eigenvalue weighted by atomic mass is 16.1. The van der Waals surface area contributed by atoms with Gasteiger partial charge in [0.15, 0.2) is 0 Å². The van der Waals surface area contributed by atoms with Gasteiger partial charge in [0.2, 0.25) is 0 Å². The topological polar surface area (TPSA) is 55.1 Å². The van der Waals surface area contributed by atoms with Gasteiger partial charge in [0.05, 0.1) is 0 Å². The number of anilines is 1. The summed E-state index contributed by atoms with van der Waals surface area (Å²) in [7, 11) is 0. The molecule has 1 fully saturated rings. The molecule has 2 rings (SSSR count). The molecule has 0 saturated heterocycles. The van der Waals surface area contributed by atoms with Crippen molar-refractivity contribution in [2.75, 3.05) is 12.3 Å². The van der Waals surface area contributed by atoms with Crippen molar-refractivity contribution in [1.29, 1.82) is 0 Å². The Balaban J connectivity index is 1.97. The van der Waals surface area contributed by atoms with Crippen molar-refractivity contribution in [3.63, 3.8) is 0 Å². The Hall–Kier alpha value is -1.51. The first-order chi connectivity index (χ1) is 8.50. The standard InChI is InChI=1S/C15H22N2O/c1-11-9-12(5-6-13(11)16)14(18)17-10-15(2)7-3-4-8-15/h5-6,9H,3-4,7-8,10,16H2,1-2H3,(H,17,18). The highest BCUT2D eigenvalue weighted by molar-refractivity contribution is 5.94. The van der Waals surface area contributed by atoms with E-state index in [2.05, 4.69) is 12.2 Å². The summed E-state index contributed by atoms with van der Waals surface area (Å²) >= 11 is 0. The summed E-state index contributed by atoms with van der Waals surface area (Å²) in [6, 6.07) is 5.43. The van der Waals surface area contributed by atoms with Crippen LogP contribution in [0, 0.1) is 12.3 Å². The minimum absolute atomic E-state index is 0.00576. The van der Waals surface area contributed by atoms with Crippen LogP contribution in [0.15, 0.2) is 18.2 Å². The van der Waals surface area contributed by atoms with E-state index in [1.54, 1.807) is 12.1 Å². The van der Waals surface area contributed by atoms with Crippen LogP contribution < -0.4 is 11.1 Å². The molecule has 0 bridgehead atoms. The molecule has 1 aromatic carbocycles. The van der Waals surface area contributed by atoms with Crippen LogP contribution in [0.4, 0.5) is 5.69 Å². The Bertz CT molecular complexity index is 448. The summed E-state index contributed by atoms with van der Waals surface area (Å²) in [6.45, 7) is 4.95. The summed E-state index contributed by atoms with van der Waals surface area (Å²) < 4.78 is 0. The van der Waals surface area contributed by atoms with Gasteiger partial charge in [-0.3, -0.25) is 4.79 Å². The van der Waals surface area contributed by atoms with Crippen molar-refractivity contribution in [3.8, 4) is 0 Å². The Morgan fingerprint density at radius 1 is 1.39 bits per heavy atom.